The van der Waals surface area contributed by atoms with Gasteiger partial charge in [0.15, 0.2) is 0 Å². The number of fused-ring (bicyclic) bond motifs is 1. The maximum Gasteiger partial charge on any atom is 0.415 e. The monoisotopic (exact) mass is 497 g/mol. The Morgan fingerprint density at radius 3 is 2.06 bits per heavy atom. The van der Waals surface area contributed by atoms with E-state index in [-0.39, 0.29) is 29.2 Å². The quantitative estimate of drug-likeness (QED) is 0.374. The predicted molar refractivity (Wildman–Crippen MR) is 139 cm³/mol. The van der Waals surface area contributed by atoms with Crippen LogP contribution in [-0.4, -0.2) is 28.6 Å². The molecule has 1 aliphatic rings. The van der Waals surface area contributed by atoms with Gasteiger partial charge in [-0.3, -0.25) is 19.8 Å². The van der Waals surface area contributed by atoms with Crippen LogP contribution in [0.4, 0.5) is 21.9 Å². The molecule has 1 heterocycles. The van der Waals surface area contributed by atoms with Crippen LogP contribution in [0, 0.1) is 10.1 Å². The number of rotatable bonds is 4. The van der Waals surface area contributed by atoms with Crippen molar-refractivity contribution in [2.75, 3.05) is 16.8 Å². The van der Waals surface area contributed by atoms with Crippen molar-refractivity contribution < 1.29 is 24.4 Å². The highest BCUT2D eigenvalue weighted by atomic mass is 16.6. The fraction of sp³-hybridized carbons (Fsp3) is 0.481. The molecular weight excluding hydrogens is 462 g/mol. The molecule has 2 aromatic carbocycles. The number of carbonyl (C=O) groups excluding carboxylic acids is 2. The zero-order chi connectivity index (χ0) is 27.4. The molecule has 0 spiro atoms. The van der Waals surface area contributed by atoms with Crippen molar-refractivity contribution in [1.29, 1.82) is 0 Å². The van der Waals surface area contributed by atoms with Gasteiger partial charge in [-0.2, -0.15) is 0 Å². The van der Waals surface area contributed by atoms with Crippen LogP contribution in [-0.2, 0) is 21.2 Å². The fourth-order valence-corrected chi connectivity index (χ4v) is 4.36. The Kier molecular flexibility index (Phi) is 6.59. The number of nitro benzene ring substituents is 1. The molecular formula is C27H35N3O6. The number of aromatic hydroxyl groups is 1. The van der Waals surface area contributed by atoms with Crippen molar-refractivity contribution in [2.24, 2.45) is 0 Å². The molecule has 9 nitrogen and oxygen atoms in total. The van der Waals surface area contributed by atoms with E-state index in [2.05, 4.69) is 5.32 Å². The Morgan fingerprint density at radius 1 is 1.08 bits per heavy atom. The summed E-state index contributed by atoms with van der Waals surface area (Å²) in [5, 5.41) is 25.6. The number of phenolic OH excluding ortho intramolecular Hbond substituents is 1. The van der Waals surface area contributed by atoms with Gasteiger partial charge in [-0.05, 0) is 49.8 Å². The molecule has 9 heteroatoms. The number of phenols is 1. The largest absolute Gasteiger partial charge is 0.507 e. The van der Waals surface area contributed by atoms with Gasteiger partial charge >= 0.3 is 6.09 Å². The SMILES string of the molecule is CCN1C(=O)OC(C)(C)c2cc(NC(=O)c3cc(C(C)(C)C)c(O)c(C(C)(C)C)c3)c([N+](=O)[O-])cc21. The van der Waals surface area contributed by atoms with Crippen molar-refractivity contribution in [3.05, 3.63) is 56.6 Å². The maximum atomic E-state index is 13.4. The third kappa shape index (κ3) is 4.87. The number of nitrogens with one attached hydrogen (secondary N) is 1. The Labute approximate surface area is 211 Å². The van der Waals surface area contributed by atoms with Crippen LogP contribution in [0.2, 0.25) is 0 Å². The number of amides is 2. The summed E-state index contributed by atoms with van der Waals surface area (Å²) in [6.45, 7) is 17.0. The summed E-state index contributed by atoms with van der Waals surface area (Å²) < 4.78 is 5.54. The van der Waals surface area contributed by atoms with Gasteiger partial charge in [0.1, 0.15) is 17.0 Å². The number of benzene rings is 2. The van der Waals surface area contributed by atoms with Crippen molar-refractivity contribution in [1.82, 2.24) is 0 Å². The van der Waals surface area contributed by atoms with E-state index < -0.39 is 33.4 Å². The Morgan fingerprint density at radius 2 is 1.61 bits per heavy atom. The molecule has 0 radical (unpaired) electrons. The molecule has 2 N–H and O–H groups in total. The van der Waals surface area contributed by atoms with Gasteiger partial charge in [-0.1, -0.05) is 41.5 Å². The van der Waals surface area contributed by atoms with E-state index in [0.29, 0.717) is 22.4 Å². The Balaban J connectivity index is 2.17. The van der Waals surface area contributed by atoms with Crippen LogP contribution in [0.25, 0.3) is 0 Å². The number of ether oxygens (including phenoxy) is 1. The summed E-state index contributed by atoms with van der Waals surface area (Å²) >= 11 is 0. The van der Waals surface area contributed by atoms with E-state index in [4.69, 9.17) is 4.74 Å². The molecule has 3 rings (SSSR count). The average molecular weight is 498 g/mol. The Hall–Kier alpha value is -3.62. The minimum atomic E-state index is -1.05. The number of carbonyl (C=O) groups is 2. The highest BCUT2D eigenvalue weighted by Gasteiger charge is 2.40. The lowest BCUT2D eigenvalue weighted by molar-refractivity contribution is -0.383. The van der Waals surface area contributed by atoms with Gasteiger partial charge in [0.25, 0.3) is 11.6 Å². The first-order valence-corrected chi connectivity index (χ1v) is 11.9. The van der Waals surface area contributed by atoms with E-state index >= 15 is 0 Å². The summed E-state index contributed by atoms with van der Waals surface area (Å²) in [7, 11) is 0. The van der Waals surface area contributed by atoms with Crippen LogP contribution in [0.3, 0.4) is 0 Å². The number of cyclic esters (lactones) is 1. The number of nitro groups is 1. The van der Waals surface area contributed by atoms with E-state index in [1.807, 2.05) is 41.5 Å². The lowest BCUT2D eigenvalue weighted by Crippen LogP contribution is -2.43. The smallest absolute Gasteiger partial charge is 0.415 e. The van der Waals surface area contributed by atoms with Crippen LogP contribution in [0.5, 0.6) is 5.75 Å². The minimum absolute atomic E-state index is 0.00600. The first-order chi connectivity index (χ1) is 16.4. The molecule has 2 amide bonds. The summed E-state index contributed by atoms with van der Waals surface area (Å²) in [5.74, 6) is -0.415. The first kappa shape index (κ1) is 27.0. The molecule has 1 aliphatic heterocycles. The van der Waals surface area contributed by atoms with Gasteiger partial charge < -0.3 is 15.2 Å². The van der Waals surface area contributed by atoms with Crippen LogP contribution in [0.15, 0.2) is 24.3 Å². The summed E-state index contributed by atoms with van der Waals surface area (Å²) in [6, 6.07) is 6.04. The summed E-state index contributed by atoms with van der Waals surface area (Å²) in [4.78, 5) is 38.6. The minimum Gasteiger partial charge on any atom is -0.507 e. The second-order valence-electron chi connectivity index (χ2n) is 11.6. The molecule has 0 aliphatic carbocycles. The normalized spacial score (nSPS) is 15.2. The molecule has 0 saturated carbocycles. The second kappa shape index (κ2) is 8.80. The molecule has 0 unspecified atom stereocenters. The van der Waals surface area contributed by atoms with Gasteiger partial charge in [0, 0.05) is 34.9 Å². The number of anilines is 2. The Bertz CT molecular complexity index is 1220. The van der Waals surface area contributed by atoms with E-state index in [1.54, 1.807) is 32.9 Å². The molecule has 194 valence electrons. The van der Waals surface area contributed by atoms with Crippen molar-refractivity contribution in [3.63, 3.8) is 0 Å². The van der Waals surface area contributed by atoms with Gasteiger partial charge in [-0.25, -0.2) is 4.79 Å². The molecule has 0 fully saturated rings. The van der Waals surface area contributed by atoms with Crippen molar-refractivity contribution >= 4 is 29.1 Å². The molecule has 2 aromatic rings. The highest BCUT2D eigenvalue weighted by Crippen LogP contribution is 2.44. The predicted octanol–water partition coefficient (Wildman–Crippen LogP) is 6.36. The van der Waals surface area contributed by atoms with Crippen molar-refractivity contribution in [3.8, 4) is 5.75 Å². The zero-order valence-corrected chi connectivity index (χ0v) is 22.4. The highest BCUT2D eigenvalue weighted by molar-refractivity contribution is 6.06. The number of nitrogens with zero attached hydrogens (tertiary/aromatic N) is 2. The topological polar surface area (TPSA) is 122 Å². The van der Waals surface area contributed by atoms with Gasteiger partial charge in [0.2, 0.25) is 0 Å². The van der Waals surface area contributed by atoms with E-state index in [9.17, 15) is 24.8 Å². The number of hydrogen-bond acceptors (Lipinski definition) is 6. The maximum absolute atomic E-state index is 13.4. The number of hydrogen-bond donors (Lipinski definition) is 2. The van der Waals surface area contributed by atoms with E-state index in [0.717, 1.165) is 0 Å². The average Bonchev–Trinajstić information content (AvgIpc) is 2.71. The third-order valence-electron chi connectivity index (χ3n) is 6.37. The summed E-state index contributed by atoms with van der Waals surface area (Å²) in [5.41, 5.74) is 0.105. The molecule has 0 aromatic heterocycles. The van der Waals surface area contributed by atoms with Crippen LogP contribution >= 0.6 is 0 Å². The van der Waals surface area contributed by atoms with Gasteiger partial charge in [0.05, 0.1) is 10.6 Å². The summed E-state index contributed by atoms with van der Waals surface area (Å²) in [6.07, 6.45) is -0.588. The van der Waals surface area contributed by atoms with Crippen LogP contribution < -0.4 is 10.2 Å². The standard InChI is InChI=1S/C27H35N3O6/c1-10-29-20-14-21(30(34)35)19(13-16(20)27(8,9)36-24(29)33)28-23(32)15-11-17(25(2,3)4)22(31)18(12-15)26(5,6)7/h11-14,31H,10H2,1-9H3,(H,28,32). The third-order valence-corrected chi connectivity index (χ3v) is 6.37. The molecule has 0 atom stereocenters. The first-order valence-electron chi connectivity index (χ1n) is 11.9. The fourth-order valence-electron chi connectivity index (χ4n) is 4.36. The van der Waals surface area contributed by atoms with Crippen LogP contribution in [0.1, 0.15) is 89.4 Å². The lowest BCUT2D eigenvalue weighted by atomic mass is 9.78. The molecule has 0 bridgehead atoms. The zero-order valence-electron chi connectivity index (χ0n) is 22.4. The molecule has 0 saturated heterocycles. The second-order valence-corrected chi connectivity index (χ2v) is 11.6. The molecule has 36 heavy (non-hydrogen) atoms. The lowest BCUT2D eigenvalue weighted by Gasteiger charge is -2.38. The van der Waals surface area contributed by atoms with Crippen molar-refractivity contribution in [2.45, 2.75) is 78.7 Å². The van der Waals surface area contributed by atoms with Gasteiger partial charge in [-0.15, -0.1) is 0 Å². The van der Waals surface area contributed by atoms with E-state index in [1.165, 1.54) is 17.0 Å².